The van der Waals surface area contributed by atoms with Crippen molar-refractivity contribution >= 4 is 0 Å². The Bertz CT molecular complexity index is 1060. The van der Waals surface area contributed by atoms with Crippen LogP contribution in [0.4, 0.5) is 0 Å². The molecule has 0 aliphatic carbocycles. The second-order valence-electron chi connectivity index (χ2n) is 4.25. The Morgan fingerprint density at radius 2 is 1.11 bits per heavy atom. The zero-order valence-corrected chi connectivity index (χ0v) is 10.0. The summed E-state index contributed by atoms with van der Waals surface area (Å²) in [4.78, 5) is 0. The summed E-state index contributed by atoms with van der Waals surface area (Å²) in [7, 11) is 0. The zero-order valence-electron chi connectivity index (χ0n) is 39.0. The number of rotatable bonds is 0. The van der Waals surface area contributed by atoms with Crippen molar-refractivity contribution < 1.29 is 39.8 Å². The molecule has 0 aliphatic heterocycles. The average molecular weight is 290 g/mol. The van der Waals surface area contributed by atoms with E-state index in [0.29, 0.717) is 6.92 Å². The molecule has 0 unspecified atom stereocenters. The van der Waals surface area contributed by atoms with E-state index in [0.717, 1.165) is 0 Å². The third-order valence-corrected chi connectivity index (χ3v) is 2.38. The molecule has 0 nitrogen and oxygen atoms in total. The van der Waals surface area contributed by atoms with Crippen LogP contribution in [0.2, 0.25) is 0 Å². The maximum Gasteiger partial charge on any atom is 0.0629 e. The first kappa shape index (κ1) is 2.42. The van der Waals surface area contributed by atoms with Gasteiger partial charge in [-0.1, -0.05) is 73.8 Å². The van der Waals surface area contributed by atoms with E-state index < -0.39 is 112 Å². The lowest BCUT2D eigenvalue weighted by Gasteiger charge is -2.32. The quantitative estimate of drug-likeness (QED) is 0.559. The molecule has 1 aromatic rings. The number of hydrogen-bond acceptors (Lipinski definition) is 0. The van der Waals surface area contributed by atoms with Gasteiger partial charge < -0.3 is 0 Å². The van der Waals surface area contributed by atoms with Crippen LogP contribution in [-0.4, -0.2) is 0 Å². The van der Waals surface area contributed by atoms with Crippen LogP contribution >= 0.6 is 0 Å². The van der Waals surface area contributed by atoms with Gasteiger partial charge in [0.05, 0.1) is 2.74 Å². The van der Waals surface area contributed by atoms with Crippen molar-refractivity contribution in [1.29, 1.82) is 0 Å². The molecule has 0 spiro atoms. The van der Waals surface area contributed by atoms with Crippen molar-refractivity contribution in [2.45, 2.75) is 84.8 Å². The van der Waals surface area contributed by atoms with Gasteiger partial charge in [0.15, 0.2) is 0 Å². The van der Waals surface area contributed by atoms with Gasteiger partial charge in [-0.3, -0.25) is 0 Å². The highest BCUT2D eigenvalue weighted by molar-refractivity contribution is 5.46. The van der Waals surface area contributed by atoms with E-state index in [2.05, 4.69) is 0 Å². The lowest BCUT2D eigenvalue weighted by atomic mass is 9.73. The van der Waals surface area contributed by atoms with Crippen LogP contribution in [0.15, 0.2) is 12.1 Å². The fraction of sp³-hybridized carbons (Fsp3) is 0.684. The van der Waals surface area contributed by atoms with E-state index in [-0.39, 0.29) is 0 Å². The van der Waals surface area contributed by atoms with Gasteiger partial charge in [-0.15, -0.1) is 0 Å². The van der Waals surface area contributed by atoms with Crippen molar-refractivity contribution in [1.82, 2.24) is 0 Å². The predicted molar refractivity (Wildman–Crippen MR) is 87.3 cm³/mol. The molecule has 108 valence electrons. The molecule has 1 rings (SSSR count). The van der Waals surface area contributed by atoms with Gasteiger partial charge in [-0.05, 0) is 45.4 Å². The topological polar surface area (TPSA) is 0 Å². The SMILES string of the molecule is [2H]c1c(C(C([2H])([2H])[2H])(C([2H])([2H])[2H])C([2H])([2H])[2H])c([2H])c(C(C([2H])([2H])[2H])(C([2H])([2H])[2H])C([2H])([2H])[2H])c(C)c1C(C([2H])([2H])[2H])(C([2H])([2H])[2H])C([2H])([2H])[2H]. The van der Waals surface area contributed by atoms with Crippen LogP contribution < -0.4 is 0 Å². The molecule has 0 atom stereocenters. The molecule has 0 N–H and O–H groups in total. The number of benzene rings is 1. The second kappa shape index (κ2) is 4.65. The van der Waals surface area contributed by atoms with Gasteiger partial charge in [0, 0.05) is 37.0 Å². The highest BCUT2D eigenvalue weighted by Gasteiger charge is 2.26. The van der Waals surface area contributed by atoms with Crippen LogP contribution in [0, 0.1) is 6.92 Å². The second-order valence-corrected chi connectivity index (χ2v) is 4.25. The Hall–Kier alpha value is -0.780. The Morgan fingerprint density at radius 1 is 0.737 bits per heavy atom. The molecular weight excluding hydrogens is 228 g/mol. The molecular formula is C19H32. The van der Waals surface area contributed by atoms with Crippen molar-refractivity contribution in [2.75, 3.05) is 0 Å². The fourth-order valence-corrected chi connectivity index (χ4v) is 1.53. The molecule has 0 aliphatic rings. The van der Waals surface area contributed by atoms with Gasteiger partial charge in [0.25, 0.3) is 0 Å². The van der Waals surface area contributed by atoms with Crippen molar-refractivity contribution in [3.8, 4) is 0 Å². The van der Waals surface area contributed by atoms with Crippen LogP contribution in [0.1, 0.15) is 124 Å². The van der Waals surface area contributed by atoms with Gasteiger partial charge in [0.2, 0.25) is 0 Å². The first-order valence-electron chi connectivity index (χ1n) is 19.5. The van der Waals surface area contributed by atoms with E-state index >= 15 is 0 Å². The van der Waals surface area contributed by atoms with Crippen molar-refractivity contribution in [2.24, 2.45) is 0 Å². The minimum Gasteiger partial charge on any atom is -0.0561 e. The van der Waals surface area contributed by atoms with Gasteiger partial charge in [-0.2, -0.15) is 0 Å². The van der Waals surface area contributed by atoms with Gasteiger partial charge in [0.1, 0.15) is 0 Å². The maximum atomic E-state index is 8.95. The van der Waals surface area contributed by atoms with E-state index in [1.54, 1.807) is 0 Å². The molecule has 0 amide bonds. The zero-order chi connectivity index (χ0) is 39.5. The van der Waals surface area contributed by atoms with Crippen molar-refractivity contribution in [3.05, 3.63) is 34.3 Å². The molecule has 0 saturated heterocycles. The minimum atomic E-state index is -4.63. The molecule has 0 fully saturated rings. The standard InChI is InChI=1S/C19H32/c1-13-15(18(5,6)7)11-14(17(2,3)4)12-16(13)19(8,9)10/h11-12H,1-10H3/i2D3,3D3,4D3,5D3,6D3,7D3,8D3,9D3,10D3,11D,12D. The smallest absolute Gasteiger partial charge is 0.0561 e. The summed E-state index contributed by atoms with van der Waals surface area (Å²) < 4.78 is 237. The molecule has 1 aromatic carbocycles. The molecule has 0 aromatic heterocycles. The summed E-state index contributed by atoms with van der Waals surface area (Å²) in [6.45, 7) is -39.6. The largest absolute Gasteiger partial charge is 0.0629 e. The normalized spacial score (nSPS) is 42.3. The monoisotopic (exact) mass is 289 g/mol. The van der Waals surface area contributed by atoms with Crippen LogP contribution in [-0.2, 0) is 16.2 Å². The van der Waals surface area contributed by atoms with Gasteiger partial charge >= 0.3 is 0 Å². The molecule has 0 saturated carbocycles. The molecule has 0 bridgehead atoms. The molecule has 0 heteroatoms. The highest BCUT2D eigenvalue weighted by Crippen LogP contribution is 2.37. The first-order valence-corrected chi connectivity index (χ1v) is 5.00. The summed E-state index contributed by atoms with van der Waals surface area (Å²) in [5.41, 5.74) is -21.5. The molecule has 0 heterocycles. The van der Waals surface area contributed by atoms with Crippen LogP contribution in [0.25, 0.3) is 0 Å². The summed E-state index contributed by atoms with van der Waals surface area (Å²) >= 11 is 0. The van der Waals surface area contributed by atoms with Crippen molar-refractivity contribution in [3.63, 3.8) is 0 Å². The summed E-state index contributed by atoms with van der Waals surface area (Å²) in [5.74, 6) is 0. The van der Waals surface area contributed by atoms with E-state index in [4.69, 9.17) is 39.8 Å². The summed E-state index contributed by atoms with van der Waals surface area (Å²) in [6.07, 6.45) is 0. The fourth-order valence-electron chi connectivity index (χ4n) is 1.53. The lowest BCUT2D eigenvalue weighted by molar-refractivity contribution is 0.542. The lowest BCUT2D eigenvalue weighted by Crippen LogP contribution is -2.23. The van der Waals surface area contributed by atoms with E-state index in [1.807, 2.05) is 0 Å². The first-order chi connectivity index (χ1) is 20.3. The third-order valence-electron chi connectivity index (χ3n) is 2.38. The predicted octanol–water partition coefficient (Wildman–Crippen LogP) is 5.89. The average Bonchev–Trinajstić information content (AvgIpc) is 2.67. The van der Waals surface area contributed by atoms with E-state index in [1.165, 1.54) is 0 Å². The van der Waals surface area contributed by atoms with Crippen LogP contribution in [0.3, 0.4) is 0 Å². The third kappa shape index (κ3) is 3.61. The maximum absolute atomic E-state index is 8.95. The Kier molecular flexibility index (Phi) is 0.593. The Balaban J connectivity index is 5.72. The summed E-state index contributed by atoms with van der Waals surface area (Å²) in [5, 5.41) is 0. The summed E-state index contributed by atoms with van der Waals surface area (Å²) in [6, 6.07) is -4.22. The van der Waals surface area contributed by atoms with E-state index in [9.17, 15) is 0 Å². The van der Waals surface area contributed by atoms with Crippen LogP contribution in [0.5, 0.6) is 0 Å². The Morgan fingerprint density at radius 3 is 1.42 bits per heavy atom. The molecule has 0 radical (unpaired) electrons. The number of hydrogen-bond donors (Lipinski definition) is 0. The van der Waals surface area contributed by atoms with Gasteiger partial charge in [-0.25, -0.2) is 0 Å². The molecule has 19 heavy (non-hydrogen) atoms. The Labute approximate surface area is 161 Å². The highest BCUT2D eigenvalue weighted by atomic mass is 14.3. The minimum absolute atomic E-state index is 0.391.